The van der Waals surface area contributed by atoms with E-state index in [2.05, 4.69) is 4.74 Å². The molecule has 0 aliphatic carbocycles. The molecule has 5 heteroatoms. The molecule has 3 nitrogen and oxygen atoms in total. The number of hydrogen-bond donors (Lipinski definition) is 0. The van der Waals surface area contributed by atoms with Gasteiger partial charge in [0.15, 0.2) is 0 Å². The summed E-state index contributed by atoms with van der Waals surface area (Å²) in [4.78, 5) is 12.3. The first-order chi connectivity index (χ1) is 7.97. The van der Waals surface area contributed by atoms with Gasteiger partial charge in [-0.3, -0.25) is 0 Å². The molecule has 0 fully saturated rings. The van der Waals surface area contributed by atoms with Crippen molar-refractivity contribution in [3.8, 4) is 0 Å². The highest BCUT2D eigenvalue weighted by atomic mass is 19.3. The second kappa shape index (κ2) is 5.61. The van der Waals surface area contributed by atoms with Crippen molar-refractivity contribution in [3.05, 3.63) is 30.3 Å². The third kappa shape index (κ3) is 3.69. The lowest BCUT2D eigenvalue weighted by Gasteiger charge is -2.24. The predicted molar refractivity (Wildman–Crippen MR) is 61.3 cm³/mol. The minimum absolute atomic E-state index is 0.0521. The number of halogens is 2. The average molecular weight is 243 g/mol. The summed E-state index contributed by atoms with van der Waals surface area (Å²) in [6.45, 7) is 0.744. The van der Waals surface area contributed by atoms with E-state index in [1.165, 1.54) is 18.9 Å². The molecule has 0 heterocycles. The molecule has 0 spiro atoms. The van der Waals surface area contributed by atoms with Gasteiger partial charge in [0.1, 0.15) is 0 Å². The zero-order chi connectivity index (χ0) is 12.9. The SMILES string of the molecule is CCOC(=O)C(F)(F)CN(C)c1ccccc1. The molecule has 1 aromatic carbocycles. The molecule has 94 valence electrons. The summed E-state index contributed by atoms with van der Waals surface area (Å²) in [6, 6.07) is 8.67. The van der Waals surface area contributed by atoms with Crippen LogP contribution in [0.25, 0.3) is 0 Å². The summed E-state index contributed by atoms with van der Waals surface area (Å²) in [7, 11) is 1.50. The Kier molecular flexibility index (Phi) is 4.43. The van der Waals surface area contributed by atoms with Gasteiger partial charge in [0.25, 0.3) is 0 Å². The number of nitrogens with zero attached hydrogens (tertiary/aromatic N) is 1. The van der Waals surface area contributed by atoms with Gasteiger partial charge in [-0.1, -0.05) is 18.2 Å². The highest BCUT2D eigenvalue weighted by Crippen LogP contribution is 2.20. The summed E-state index contributed by atoms with van der Waals surface area (Å²) in [5.74, 6) is -4.98. The zero-order valence-corrected chi connectivity index (χ0v) is 9.82. The summed E-state index contributed by atoms with van der Waals surface area (Å²) >= 11 is 0. The average Bonchev–Trinajstić information content (AvgIpc) is 2.30. The molecule has 0 N–H and O–H groups in total. The van der Waals surface area contributed by atoms with E-state index >= 15 is 0 Å². The maximum Gasteiger partial charge on any atom is 0.378 e. The number of hydrogen-bond acceptors (Lipinski definition) is 3. The number of alkyl halides is 2. The smallest absolute Gasteiger partial charge is 0.378 e. The van der Waals surface area contributed by atoms with E-state index in [1.807, 2.05) is 0 Å². The van der Waals surface area contributed by atoms with Gasteiger partial charge in [0, 0.05) is 12.7 Å². The van der Waals surface area contributed by atoms with E-state index in [9.17, 15) is 13.6 Å². The Bertz CT molecular complexity index is 368. The number of rotatable bonds is 5. The summed E-state index contributed by atoms with van der Waals surface area (Å²) in [5.41, 5.74) is 0.622. The highest BCUT2D eigenvalue weighted by molar-refractivity contribution is 5.78. The van der Waals surface area contributed by atoms with Crippen LogP contribution in [0.2, 0.25) is 0 Å². The van der Waals surface area contributed by atoms with Crippen molar-refractivity contribution >= 4 is 11.7 Å². The molecule has 0 aliphatic heterocycles. The van der Waals surface area contributed by atoms with E-state index in [4.69, 9.17) is 0 Å². The molecule has 0 atom stereocenters. The Morgan fingerprint density at radius 2 is 1.94 bits per heavy atom. The molecule has 0 radical (unpaired) electrons. The lowest BCUT2D eigenvalue weighted by molar-refractivity contribution is -0.169. The van der Waals surface area contributed by atoms with Crippen LogP contribution in [-0.4, -0.2) is 32.1 Å². The Balaban J connectivity index is 2.67. The van der Waals surface area contributed by atoms with Crippen LogP contribution in [0.4, 0.5) is 14.5 Å². The van der Waals surface area contributed by atoms with E-state index < -0.39 is 18.4 Å². The fraction of sp³-hybridized carbons (Fsp3) is 0.417. The number of carbonyl (C=O) groups excluding carboxylic acids is 1. The topological polar surface area (TPSA) is 29.5 Å². The largest absolute Gasteiger partial charge is 0.462 e. The second-order valence-electron chi connectivity index (χ2n) is 3.62. The number of anilines is 1. The van der Waals surface area contributed by atoms with Gasteiger partial charge in [0.2, 0.25) is 0 Å². The third-order valence-corrected chi connectivity index (χ3v) is 2.21. The minimum Gasteiger partial charge on any atom is -0.462 e. The second-order valence-corrected chi connectivity index (χ2v) is 3.62. The van der Waals surface area contributed by atoms with Gasteiger partial charge >= 0.3 is 11.9 Å². The molecule has 0 amide bonds. The Labute approximate surface area is 99.0 Å². The van der Waals surface area contributed by atoms with Crippen molar-refractivity contribution in [2.24, 2.45) is 0 Å². The molecule has 0 aliphatic rings. The van der Waals surface area contributed by atoms with Crippen LogP contribution in [0, 0.1) is 0 Å². The van der Waals surface area contributed by atoms with Gasteiger partial charge in [-0.2, -0.15) is 8.78 Å². The van der Waals surface area contributed by atoms with Crippen LogP contribution in [-0.2, 0) is 9.53 Å². The quantitative estimate of drug-likeness (QED) is 0.743. The van der Waals surface area contributed by atoms with Gasteiger partial charge in [-0.15, -0.1) is 0 Å². The first-order valence-corrected chi connectivity index (χ1v) is 5.28. The lowest BCUT2D eigenvalue weighted by Crippen LogP contribution is -2.42. The van der Waals surface area contributed by atoms with Crippen LogP contribution < -0.4 is 4.90 Å². The standard InChI is InChI=1S/C12H15F2NO2/c1-3-17-11(16)12(13,14)9-15(2)10-7-5-4-6-8-10/h4-8H,3,9H2,1-2H3. The van der Waals surface area contributed by atoms with Gasteiger partial charge in [-0.25, -0.2) is 4.79 Å². The molecule has 0 bridgehead atoms. The lowest BCUT2D eigenvalue weighted by atomic mass is 10.2. The molecule has 17 heavy (non-hydrogen) atoms. The fourth-order valence-corrected chi connectivity index (χ4v) is 1.37. The maximum absolute atomic E-state index is 13.4. The molecule has 1 rings (SSSR count). The fourth-order valence-electron chi connectivity index (χ4n) is 1.37. The number of carbonyl (C=O) groups is 1. The molecule has 0 aromatic heterocycles. The third-order valence-electron chi connectivity index (χ3n) is 2.21. The van der Waals surface area contributed by atoms with Gasteiger partial charge < -0.3 is 9.64 Å². The molecule has 1 aromatic rings. The summed E-state index contributed by atoms with van der Waals surface area (Å²) in [5, 5.41) is 0. The number of ether oxygens (including phenoxy) is 1. The van der Waals surface area contributed by atoms with Crippen molar-refractivity contribution in [2.45, 2.75) is 12.8 Å². The van der Waals surface area contributed by atoms with E-state index in [0.717, 1.165) is 0 Å². The van der Waals surface area contributed by atoms with Crippen LogP contribution in [0.5, 0.6) is 0 Å². The maximum atomic E-state index is 13.4. The number of benzene rings is 1. The Morgan fingerprint density at radius 1 is 1.35 bits per heavy atom. The van der Waals surface area contributed by atoms with Crippen LogP contribution in [0.3, 0.4) is 0 Å². The van der Waals surface area contributed by atoms with Crippen LogP contribution in [0.15, 0.2) is 30.3 Å². The van der Waals surface area contributed by atoms with E-state index in [0.29, 0.717) is 5.69 Å². The summed E-state index contributed by atoms with van der Waals surface area (Å²) < 4.78 is 31.2. The predicted octanol–water partition coefficient (Wildman–Crippen LogP) is 2.32. The monoisotopic (exact) mass is 243 g/mol. The molecule has 0 saturated carbocycles. The number of esters is 1. The van der Waals surface area contributed by atoms with Crippen molar-refractivity contribution in [1.82, 2.24) is 0 Å². The van der Waals surface area contributed by atoms with Crippen molar-refractivity contribution in [1.29, 1.82) is 0 Å². The van der Waals surface area contributed by atoms with Crippen molar-refractivity contribution in [3.63, 3.8) is 0 Å². The van der Waals surface area contributed by atoms with Gasteiger partial charge in [0.05, 0.1) is 13.2 Å². The van der Waals surface area contributed by atoms with Crippen molar-refractivity contribution in [2.75, 3.05) is 25.1 Å². The molecular weight excluding hydrogens is 228 g/mol. The van der Waals surface area contributed by atoms with Crippen molar-refractivity contribution < 1.29 is 18.3 Å². The van der Waals surface area contributed by atoms with Crippen LogP contribution in [0.1, 0.15) is 6.92 Å². The molecule has 0 unspecified atom stereocenters. The Hall–Kier alpha value is -1.65. The first-order valence-electron chi connectivity index (χ1n) is 5.28. The number of para-hydroxylation sites is 1. The van der Waals surface area contributed by atoms with E-state index in [1.54, 1.807) is 30.3 Å². The normalized spacial score (nSPS) is 11.1. The molecular formula is C12H15F2NO2. The Morgan fingerprint density at radius 3 is 2.47 bits per heavy atom. The minimum atomic E-state index is -3.50. The summed E-state index contributed by atoms with van der Waals surface area (Å²) in [6.07, 6.45) is 0. The zero-order valence-electron chi connectivity index (χ0n) is 9.82. The first kappa shape index (κ1) is 13.4. The highest BCUT2D eigenvalue weighted by Gasteiger charge is 2.41. The van der Waals surface area contributed by atoms with Gasteiger partial charge in [-0.05, 0) is 19.1 Å². The van der Waals surface area contributed by atoms with E-state index in [-0.39, 0.29) is 6.61 Å². The van der Waals surface area contributed by atoms with Crippen LogP contribution >= 0.6 is 0 Å². The molecule has 0 saturated heterocycles.